The minimum atomic E-state index is 1.25. The smallest absolute Gasteiger partial charge is 0.00248 e. The zero-order valence-corrected chi connectivity index (χ0v) is 15.4. The van der Waals surface area contributed by atoms with E-state index in [2.05, 4.69) is 51.8 Å². The SMILES string of the molecule is CCCCCCCCN(C)C.CCCCCCN(C)C. The van der Waals surface area contributed by atoms with Gasteiger partial charge in [-0.25, -0.2) is 0 Å². The van der Waals surface area contributed by atoms with Crippen LogP contribution in [0.1, 0.15) is 78.1 Å². The van der Waals surface area contributed by atoms with E-state index in [1.54, 1.807) is 0 Å². The van der Waals surface area contributed by atoms with Crippen LogP contribution in [0.2, 0.25) is 0 Å². The Hall–Kier alpha value is -0.0800. The molecule has 0 atom stereocenters. The highest BCUT2D eigenvalue weighted by atomic mass is 15.0. The average molecular weight is 287 g/mol. The van der Waals surface area contributed by atoms with E-state index in [9.17, 15) is 0 Å². The van der Waals surface area contributed by atoms with Gasteiger partial charge in [-0.05, 0) is 54.1 Å². The zero-order chi connectivity index (χ0) is 15.6. The Morgan fingerprint density at radius 3 is 1.10 bits per heavy atom. The van der Waals surface area contributed by atoms with Gasteiger partial charge in [0, 0.05) is 0 Å². The molecule has 0 fully saturated rings. The monoisotopic (exact) mass is 286 g/mol. The first-order chi connectivity index (χ1) is 9.54. The van der Waals surface area contributed by atoms with Crippen molar-refractivity contribution >= 4 is 0 Å². The fourth-order valence-corrected chi connectivity index (χ4v) is 2.06. The first-order valence-corrected chi connectivity index (χ1v) is 8.84. The van der Waals surface area contributed by atoms with E-state index in [-0.39, 0.29) is 0 Å². The van der Waals surface area contributed by atoms with Gasteiger partial charge < -0.3 is 9.80 Å². The quantitative estimate of drug-likeness (QED) is 0.464. The molecule has 0 rings (SSSR count). The summed E-state index contributed by atoms with van der Waals surface area (Å²) in [5.74, 6) is 0. The van der Waals surface area contributed by atoms with E-state index >= 15 is 0 Å². The van der Waals surface area contributed by atoms with Crippen molar-refractivity contribution in [3.8, 4) is 0 Å². The maximum Gasteiger partial charge on any atom is -0.00248 e. The maximum absolute atomic E-state index is 2.26. The first-order valence-electron chi connectivity index (χ1n) is 8.84. The molecule has 0 heterocycles. The number of unbranched alkanes of at least 4 members (excludes halogenated alkanes) is 8. The van der Waals surface area contributed by atoms with E-state index in [4.69, 9.17) is 0 Å². The van der Waals surface area contributed by atoms with Gasteiger partial charge >= 0.3 is 0 Å². The van der Waals surface area contributed by atoms with E-state index in [1.165, 1.54) is 77.3 Å². The van der Waals surface area contributed by atoms with Crippen molar-refractivity contribution in [3.63, 3.8) is 0 Å². The third-order valence-corrected chi connectivity index (χ3v) is 3.42. The van der Waals surface area contributed by atoms with Crippen LogP contribution in [0.25, 0.3) is 0 Å². The minimum Gasteiger partial charge on any atom is -0.309 e. The summed E-state index contributed by atoms with van der Waals surface area (Å²) in [5.41, 5.74) is 0. The molecule has 0 aromatic heterocycles. The molecular formula is C18H42N2. The third kappa shape index (κ3) is 26.5. The van der Waals surface area contributed by atoms with Gasteiger partial charge in [0.05, 0.1) is 0 Å². The molecule has 0 radical (unpaired) electrons. The third-order valence-electron chi connectivity index (χ3n) is 3.42. The van der Waals surface area contributed by atoms with Crippen LogP contribution in [0, 0.1) is 0 Å². The Morgan fingerprint density at radius 1 is 0.450 bits per heavy atom. The van der Waals surface area contributed by atoms with Crippen molar-refractivity contribution in [2.45, 2.75) is 78.1 Å². The number of hydrogen-bond acceptors (Lipinski definition) is 2. The molecule has 0 N–H and O–H groups in total. The van der Waals surface area contributed by atoms with Gasteiger partial charge in [-0.15, -0.1) is 0 Å². The Balaban J connectivity index is 0. The predicted molar refractivity (Wildman–Crippen MR) is 94.6 cm³/mol. The van der Waals surface area contributed by atoms with Crippen molar-refractivity contribution in [1.82, 2.24) is 9.80 Å². The number of rotatable bonds is 12. The molecule has 2 heteroatoms. The molecule has 0 saturated heterocycles. The summed E-state index contributed by atoms with van der Waals surface area (Å²) in [6.07, 6.45) is 13.9. The highest BCUT2D eigenvalue weighted by molar-refractivity contribution is 4.47. The van der Waals surface area contributed by atoms with Gasteiger partial charge in [0.15, 0.2) is 0 Å². The Morgan fingerprint density at radius 2 is 0.750 bits per heavy atom. The van der Waals surface area contributed by atoms with Crippen LogP contribution in [0.3, 0.4) is 0 Å². The molecule has 0 bridgehead atoms. The van der Waals surface area contributed by atoms with E-state index in [0.29, 0.717) is 0 Å². The lowest BCUT2D eigenvalue weighted by molar-refractivity contribution is 0.389. The summed E-state index contributed by atoms with van der Waals surface area (Å²) in [6.45, 7) is 7.02. The second kappa shape index (κ2) is 18.9. The summed E-state index contributed by atoms with van der Waals surface area (Å²) in [6, 6.07) is 0. The summed E-state index contributed by atoms with van der Waals surface area (Å²) in [4.78, 5) is 4.51. The molecule has 0 spiro atoms. The van der Waals surface area contributed by atoms with Crippen molar-refractivity contribution in [2.75, 3.05) is 41.3 Å². The molecule has 0 aromatic carbocycles. The Kier molecular flexibility index (Phi) is 21.0. The predicted octanol–water partition coefficient (Wildman–Crippen LogP) is 5.04. The topological polar surface area (TPSA) is 6.48 Å². The maximum atomic E-state index is 2.26. The average Bonchev–Trinajstić information content (AvgIpc) is 2.39. The molecule has 0 aliphatic heterocycles. The standard InChI is InChI=1S/C10H23N.C8H19N/c1-4-5-6-7-8-9-10-11(2)3;1-4-5-6-7-8-9(2)3/h4-10H2,1-3H3;4-8H2,1-3H3. The van der Waals surface area contributed by atoms with Crippen LogP contribution in [0.15, 0.2) is 0 Å². The number of hydrogen-bond donors (Lipinski definition) is 0. The molecule has 0 unspecified atom stereocenters. The van der Waals surface area contributed by atoms with Gasteiger partial charge in [-0.3, -0.25) is 0 Å². The molecule has 0 aliphatic carbocycles. The lowest BCUT2D eigenvalue weighted by Gasteiger charge is -2.08. The molecule has 0 saturated carbocycles. The van der Waals surface area contributed by atoms with Crippen molar-refractivity contribution in [1.29, 1.82) is 0 Å². The molecule has 124 valence electrons. The Labute approximate surface area is 129 Å². The van der Waals surface area contributed by atoms with E-state index in [0.717, 1.165) is 0 Å². The summed E-state index contributed by atoms with van der Waals surface area (Å²) in [7, 11) is 8.55. The lowest BCUT2D eigenvalue weighted by Crippen LogP contribution is -2.12. The van der Waals surface area contributed by atoms with Crippen LogP contribution in [-0.2, 0) is 0 Å². The number of nitrogens with zero attached hydrogens (tertiary/aromatic N) is 2. The summed E-state index contributed by atoms with van der Waals surface area (Å²) >= 11 is 0. The van der Waals surface area contributed by atoms with Crippen molar-refractivity contribution in [3.05, 3.63) is 0 Å². The highest BCUT2D eigenvalue weighted by Crippen LogP contribution is 2.04. The second-order valence-electron chi connectivity index (χ2n) is 6.43. The molecule has 0 aromatic rings. The van der Waals surface area contributed by atoms with Gasteiger partial charge in [-0.1, -0.05) is 65.2 Å². The Bertz CT molecular complexity index is 155. The molecular weight excluding hydrogens is 244 g/mol. The lowest BCUT2D eigenvalue weighted by atomic mass is 10.1. The van der Waals surface area contributed by atoms with Gasteiger partial charge in [-0.2, -0.15) is 0 Å². The zero-order valence-electron chi connectivity index (χ0n) is 15.4. The fourth-order valence-electron chi connectivity index (χ4n) is 2.06. The van der Waals surface area contributed by atoms with E-state index in [1.807, 2.05) is 0 Å². The normalized spacial score (nSPS) is 10.8. The molecule has 20 heavy (non-hydrogen) atoms. The largest absolute Gasteiger partial charge is 0.309 e. The first kappa shape index (κ1) is 22.2. The molecule has 0 amide bonds. The van der Waals surface area contributed by atoms with Crippen LogP contribution in [0.4, 0.5) is 0 Å². The summed E-state index contributed by atoms with van der Waals surface area (Å²) in [5, 5.41) is 0. The van der Waals surface area contributed by atoms with Crippen LogP contribution >= 0.6 is 0 Å². The van der Waals surface area contributed by atoms with Crippen LogP contribution in [0.5, 0.6) is 0 Å². The van der Waals surface area contributed by atoms with Gasteiger partial charge in [0.1, 0.15) is 0 Å². The van der Waals surface area contributed by atoms with Gasteiger partial charge in [0.25, 0.3) is 0 Å². The molecule has 0 aliphatic rings. The fraction of sp³-hybridized carbons (Fsp3) is 1.00. The second-order valence-corrected chi connectivity index (χ2v) is 6.43. The van der Waals surface area contributed by atoms with E-state index < -0.39 is 0 Å². The van der Waals surface area contributed by atoms with Gasteiger partial charge in [0.2, 0.25) is 0 Å². The van der Waals surface area contributed by atoms with Crippen LogP contribution < -0.4 is 0 Å². The molecule has 2 nitrogen and oxygen atoms in total. The van der Waals surface area contributed by atoms with Crippen molar-refractivity contribution in [2.24, 2.45) is 0 Å². The summed E-state index contributed by atoms with van der Waals surface area (Å²) < 4.78 is 0. The minimum absolute atomic E-state index is 1.25. The van der Waals surface area contributed by atoms with Crippen LogP contribution in [-0.4, -0.2) is 51.1 Å². The highest BCUT2D eigenvalue weighted by Gasteiger charge is 1.91. The van der Waals surface area contributed by atoms with Crippen molar-refractivity contribution < 1.29 is 0 Å².